The zero-order valence-electron chi connectivity index (χ0n) is 11.7. The summed E-state index contributed by atoms with van der Waals surface area (Å²) in [5.41, 5.74) is 1.99. The second-order valence-corrected chi connectivity index (χ2v) is 6.02. The molecule has 2 N–H and O–H groups in total. The molecule has 0 saturated heterocycles. The van der Waals surface area contributed by atoms with E-state index in [1.807, 2.05) is 13.8 Å². The van der Waals surface area contributed by atoms with Gasteiger partial charge in [-0.1, -0.05) is 30.9 Å². The van der Waals surface area contributed by atoms with Crippen molar-refractivity contribution in [3.05, 3.63) is 16.3 Å². The van der Waals surface area contributed by atoms with Crippen LogP contribution in [0.4, 0.5) is 5.82 Å². The minimum atomic E-state index is -0.0000885. The normalized spacial score (nSPS) is 18.3. The van der Waals surface area contributed by atoms with E-state index in [0.29, 0.717) is 5.15 Å². The summed E-state index contributed by atoms with van der Waals surface area (Å²) in [5.74, 6) is 0.778. The summed E-state index contributed by atoms with van der Waals surface area (Å²) >= 11 is 5.95. The van der Waals surface area contributed by atoms with Gasteiger partial charge in [-0.2, -0.15) is 0 Å². The fourth-order valence-corrected chi connectivity index (χ4v) is 2.89. The van der Waals surface area contributed by atoms with Gasteiger partial charge >= 0.3 is 0 Å². The topological polar surface area (TPSA) is 58.0 Å². The summed E-state index contributed by atoms with van der Waals surface area (Å²) in [5, 5.41) is 21.6. The fraction of sp³-hybridized carbons (Fsp3) is 0.714. The van der Waals surface area contributed by atoms with E-state index in [9.17, 15) is 5.11 Å². The average molecular weight is 284 g/mol. The summed E-state index contributed by atoms with van der Waals surface area (Å²) in [6.45, 7) is 4.92. The fourth-order valence-electron chi connectivity index (χ4n) is 2.71. The summed E-state index contributed by atoms with van der Waals surface area (Å²) < 4.78 is 0. The van der Waals surface area contributed by atoms with Gasteiger partial charge in [0, 0.05) is 12.0 Å². The molecule has 4 nitrogen and oxygen atoms in total. The summed E-state index contributed by atoms with van der Waals surface area (Å²) in [6, 6.07) is 0. The first-order chi connectivity index (χ1) is 9.08. The maximum absolute atomic E-state index is 9.69. The Bertz CT molecular complexity index is 445. The smallest absolute Gasteiger partial charge is 0.155 e. The highest BCUT2D eigenvalue weighted by Crippen LogP contribution is 2.36. The minimum Gasteiger partial charge on any atom is -0.396 e. The standard InChI is InChI=1S/C14H22ClN3O/c1-10-11(2)13(18-17-12(10)15)16-8-14(9-19)6-4-3-5-7-14/h19H,3-9H2,1-2H3,(H,16,18). The Hall–Kier alpha value is -0.870. The molecule has 1 aliphatic carbocycles. The van der Waals surface area contributed by atoms with Crippen LogP contribution >= 0.6 is 11.6 Å². The molecule has 1 saturated carbocycles. The lowest BCUT2D eigenvalue weighted by atomic mass is 9.74. The molecule has 2 rings (SSSR count). The molecule has 0 aliphatic heterocycles. The lowest BCUT2D eigenvalue weighted by Gasteiger charge is -2.36. The highest BCUT2D eigenvalue weighted by Gasteiger charge is 2.31. The van der Waals surface area contributed by atoms with E-state index in [4.69, 9.17) is 11.6 Å². The van der Waals surface area contributed by atoms with Gasteiger partial charge in [-0.05, 0) is 37.8 Å². The quantitative estimate of drug-likeness (QED) is 0.891. The van der Waals surface area contributed by atoms with E-state index in [1.54, 1.807) is 0 Å². The number of aliphatic hydroxyl groups is 1. The van der Waals surface area contributed by atoms with Crippen LogP contribution in [0.5, 0.6) is 0 Å². The molecule has 5 heteroatoms. The Kier molecular flexibility index (Phi) is 4.63. The van der Waals surface area contributed by atoms with E-state index in [2.05, 4.69) is 15.5 Å². The molecule has 1 fully saturated rings. The predicted molar refractivity (Wildman–Crippen MR) is 77.6 cm³/mol. The Labute approximate surface area is 119 Å². The SMILES string of the molecule is Cc1c(Cl)nnc(NCC2(CO)CCCCC2)c1C. The molecular formula is C14H22ClN3O. The second-order valence-electron chi connectivity index (χ2n) is 5.66. The van der Waals surface area contributed by atoms with Crippen molar-refractivity contribution >= 4 is 17.4 Å². The minimum absolute atomic E-state index is 0.0000885. The molecule has 0 bridgehead atoms. The number of hydrogen-bond acceptors (Lipinski definition) is 4. The van der Waals surface area contributed by atoms with Gasteiger partial charge in [0.2, 0.25) is 0 Å². The molecule has 0 unspecified atom stereocenters. The number of nitrogens with zero attached hydrogens (tertiary/aromatic N) is 2. The maximum atomic E-state index is 9.69. The Balaban J connectivity index is 2.07. The van der Waals surface area contributed by atoms with E-state index in [0.717, 1.165) is 36.3 Å². The van der Waals surface area contributed by atoms with E-state index < -0.39 is 0 Å². The molecule has 1 aliphatic rings. The van der Waals surface area contributed by atoms with Crippen molar-refractivity contribution in [3.8, 4) is 0 Å². The molecule has 0 radical (unpaired) electrons. The largest absolute Gasteiger partial charge is 0.396 e. The van der Waals surface area contributed by atoms with Gasteiger partial charge in [0.15, 0.2) is 11.0 Å². The summed E-state index contributed by atoms with van der Waals surface area (Å²) in [7, 11) is 0. The molecule has 1 aromatic heterocycles. The van der Waals surface area contributed by atoms with Crippen molar-refractivity contribution in [3.63, 3.8) is 0 Å². The van der Waals surface area contributed by atoms with E-state index in [-0.39, 0.29) is 12.0 Å². The van der Waals surface area contributed by atoms with Crippen molar-refractivity contribution in [1.82, 2.24) is 10.2 Å². The van der Waals surface area contributed by atoms with Crippen molar-refractivity contribution in [1.29, 1.82) is 0 Å². The van der Waals surface area contributed by atoms with Crippen LogP contribution in [-0.2, 0) is 0 Å². The van der Waals surface area contributed by atoms with Gasteiger partial charge in [-0.25, -0.2) is 0 Å². The zero-order chi connectivity index (χ0) is 13.9. The number of aromatic nitrogens is 2. The van der Waals surface area contributed by atoms with Crippen LogP contribution in [0, 0.1) is 19.3 Å². The van der Waals surface area contributed by atoms with E-state index in [1.165, 1.54) is 19.3 Å². The Morgan fingerprint density at radius 2 is 1.84 bits per heavy atom. The van der Waals surface area contributed by atoms with Crippen molar-refractivity contribution in [2.45, 2.75) is 46.0 Å². The molecular weight excluding hydrogens is 262 g/mol. The second kappa shape index (κ2) is 6.06. The van der Waals surface area contributed by atoms with E-state index >= 15 is 0 Å². The highest BCUT2D eigenvalue weighted by molar-refractivity contribution is 6.30. The van der Waals surface area contributed by atoms with Crippen LogP contribution in [0.1, 0.15) is 43.2 Å². The molecule has 19 heavy (non-hydrogen) atoms. The molecule has 106 valence electrons. The number of rotatable bonds is 4. The van der Waals surface area contributed by atoms with Gasteiger partial charge in [0.25, 0.3) is 0 Å². The number of aliphatic hydroxyl groups excluding tert-OH is 1. The third-order valence-corrected chi connectivity index (χ3v) is 4.70. The number of halogens is 1. The van der Waals surface area contributed by atoms with Crippen LogP contribution in [0.2, 0.25) is 5.15 Å². The lowest BCUT2D eigenvalue weighted by Crippen LogP contribution is -2.36. The average Bonchev–Trinajstić information content (AvgIpc) is 2.45. The number of anilines is 1. The van der Waals surface area contributed by atoms with Crippen LogP contribution in [0.25, 0.3) is 0 Å². The molecule has 0 amide bonds. The van der Waals surface area contributed by atoms with Crippen LogP contribution in [0.3, 0.4) is 0 Å². The molecule has 0 atom stereocenters. The van der Waals surface area contributed by atoms with Crippen molar-refractivity contribution in [2.24, 2.45) is 5.41 Å². The maximum Gasteiger partial charge on any atom is 0.155 e. The zero-order valence-corrected chi connectivity index (χ0v) is 12.4. The molecule has 1 heterocycles. The van der Waals surface area contributed by atoms with Crippen LogP contribution in [-0.4, -0.2) is 28.5 Å². The van der Waals surface area contributed by atoms with Gasteiger partial charge in [-0.3, -0.25) is 0 Å². The molecule has 1 aromatic rings. The molecule has 0 spiro atoms. The number of hydrogen-bond donors (Lipinski definition) is 2. The summed E-state index contributed by atoms with van der Waals surface area (Å²) in [6.07, 6.45) is 5.84. The third-order valence-electron chi connectivity index (χ3n) is 4.35. The van der Waals surface area contributed by atoms with Gasteiger partial charge in [-0.15, -0.1) is 10.2 Å². The van der Waals surface area contributed by atoms with Gasteiger partial charge in [0.05, 0.1) is 6.61 Å². The van der Waals surface area contributed by atoms with Gasteiger partial charge < -0.3 is 10.4 Å². The first-order valence-electron chi connectivity index (χ1n) is 6.92. The Morgan fingerprint density at radius 1 is 1.16 bits per heavy atom. The third kappa shape index (κ3) is 3.18. The number of nitrogens with one attached hydrogen (secondary N) is 1. The highest BCUT2D eigenvalue weighted by atomic mass is 35.5. The summed E-state index contributed by atoms with van der Waals surface area (Å²) in [4.78, 5) is 0. The first kappa shape index (κ1) is 14.5. The Morgan fingerprint density at radius 3 is 2.47 bits per heavy atom. The predicted octanol–water partition coefficient (Wildman–Crippen LogP) is 3.10. The van der Waals surface area contributed by atoms with Crippen LogP contribution < -0.4 is 5.32 Å². The monoisotopic (exact) mass is 283 g/mol. The van der Waals surface area contributed by atoms with Crippen molar-refractivity contribution in [2.75, 3.05) is 18.5 Å². The molecule has 0 aromatic carbocycles. The van der Waals surface area contributed by atoms with Crippen molar-refractivity contribution < 1.29 is 5.11 Å². The van der Waals surface area contributed by atoms with Crippen LogP contribution in [0.15, 0.2) is 0 Å². The lowest BCUT2D eigenvalue weighted by molar-refractivity contribution is 0.0943. The van der Waals surface area contributed by atoms with Gasteiger partial charge in [0.1, 0.15) is 0 Å². The first-order valence-corrected chi connectivity index (χ1v) is 7.30.